The van der Waals surface area contributed by atoms with Crippen LogP contribution in [-0.2, 0) is 5.41 Å². The highest BCUT2D eigenvalue weighted by Crippen LogP contribution is 2.53. The van der Waals surface area contributed by atoms with E-state index >= 15 is 0 Å². The molecule has 1 heterocycles. The van der Waals surface area contributed by atoms with Crippen molar-refractivity contribution in [2.45, 2.75) is 59.6 Å². The molecule has 1 aliphatic carbocycles. The number of hydrogen-bond donors (Lipinski definition) is 0. The lowest BCUT2D eigenvalue weighted by atomic mass is 9.42. The fourth-order valence-corrected chi connectivity index (χ4v) is 5.96. The van der Waals surface area contributed by atoms with E-state index in [0.717, 1.165) is 0 Å². The smallest absolute Gasteiger partial charge is 0.0794 e. The second-order valence-electron chi connectivity index (χ2n) is 11.4. The molecule has 0 bridgehead atoms. The molecule has 5 rings (SSSR count). The van der Waals surface area contributed by atoms with Crippen molar-refractivity contribution in [3.63, 3.8) is 0 Å². The van der Waals surface area contributed by atoms with Gasteiger partial charge in [-0.25, -0.2) is 0 Å². The van der Waals surface area contributed by atoms with Crippen LogP contribution in [0.3, 0.4) is 0 Å². The van der Waals surface area contributed by atoms with Gasteiger partial charge in [0, 0.05) is 5.41 Å². The lowest BCUT2D eigenvalue weighted by Crippen LogP contribution is -2.27. The molecule has 0 amide bonds. The average Bonchev–Trinajstić information content (AvgIpc) is 3.08. The minimum Gasteiger partial charge on any atom is -0.0794 e. The van der Waals surface area contributed by atoms with Crippen LogP contribution in [0, 0.1) is 10.8 Å². The summed E-state index contributed by atoms with van der Waals surface area (Å²) in [5, 5.41) is 0. The minimum atomic E-state index is 0.0767. The summed E-state index contributed by atoms with van der Waals surface area (Å²) in [5.41, 5.74) is 10.7. The van der Waals surface area contributed by atoms with Crippen LogP contribution in [0.15, 0.2) is 66.7 Å². The molecular weight excluding hydrogens is 359 g/mol. The highest BCUT2D eigenvalue weighted by Gasteiger charge is 2.48. The van der Waals surface area contributed by atoms with Gasteiger partial charge in [0.05, 0.1) is 0 Å². The molecule has 0 radical (unpaired) electrons. The summed E-state index contributed by atoms with van der Waals surface area (Å²) < 4.78 is 0. The van der Waals surface area contributed by atoms with Gasteiger partial charge in [-0.05, 0) is 50.3 Å². The predicted molar refractivity (Wildman–Crippen MR) is 132 cm³/mol. The number of benzene rings is 3. The molecule has 2 aliphatic rings. The van der Waals surface area contributed by atoms with E-state index in [-0.39, 0.29) is 5.41 Å². The van der Waals surface area contributed by atoms with Crippen LogP contribution < -0.4 is 5.46 Å². The molecule has 30 heavy (non-hydrogen) atoms. The first-order valence-electron chi connectivity index (χ1n) is 11.4. The quantitative estimate of drug-likeness (QED) is 0.398. The Morgan fingerprint density at radius 2 is 1.23 bits per heavy atom. The molecule has 0 spiro atoms. The van der Waals surface area contributed by atoms with Gasteiger partial charge in [-0.1, -0.05) is 120 Å². The molecule has 0 aromatic heterocycles. The Bertz CT molecular complexity index is 1120. The molecule has 1 heteroatoms. The minimum absolute atomic E-state index is 0.0767. The van der Waals surface area contributed by atoms with Crippen molar-refractivity contribution < 1.29 is 0 Å². The number of hydrogen-bond acceptors (Lipinski definition) is 0. The molecule has 152 valence electrons. The maximum absolute atomic E-state index is 2.45. The van der Waals surface area contributed by atoms with Crippen LogP contribution >= 0.6 is 0 Å². The number of fused-ring (bicyclic) bond motifs is 3. The Balaban J connectivity index is 1.55. The Labute approximate surface area is 182 Å². The second kappa shape index (κ2) is 6.36. The average molecular weight is 392 g/mol. The summed E-state index contributed by atoms with van der Waals surface area (Å²) in [6.07, 6.45) is 2.55. The first-order valence-corrected chi connectivity index (χ1v) is 11.4. The van der Waals surface area contributed by atoms with Gasteiger partial charge in [0.25, 0.3) is 0 Å². The van der Waals surface area contributed by atoms with Crippen molar-refractivity contribution in [3.8, 4) is 22.3 Å². The molecule has 0 N–H and O–H groups in total. The molecule has 3 aromatic rings. The molecule has 1 aliphatic heterocycles. The topological polar surface area (TPSA) is 0 Å². The third-order valence-corrected chi connectivity index (χ3v) is 8.62. The van der Waals surface area contributed by atoms with Gasteiger partial charge < -0.3 is 0 Å². The molecule has 1 saturated heterocycles. The normalized spacial score (nSPS) is 20.1. The Kier molecular flexibility index (Phi) is 4.17. The molecule has 0 atom stereocenters. The molecular formula is C29H33B. The zero-order valence-electron chi connectivity index (χ0n) is 19.3. The van der Waals surface area contributed by atoms with Crippen LogP contribution in [-0.4, -0.2) is 6.71 Å². The largest absolute Gasteiger partial charge is 0.176 e. The van der Waals surface area contributed by atoms with Crippen LogP contribution in [0.25, 0.3) is 22.3 Å². The Morgan fingerprint density at radius 1 is 0.600 bits per heavy atom. The highest BCUT2D eigenvalue weighted by molar-refractivity contribution is 6.74. The molecule has 0 saturated carbocycles. The van der Waals surface area contributed by atoms with Crippen molar-refractivity contribution in [2.24, 2.45) is 10.8 Å². The SMILES string of the molecule is CC1(C)c2ccccc2-c2cc(-c3cccc(B4CC(C)(C)C(C)(C)C4)c3)ccc21. The molecule has 1 fully saturated rings. The standard InChI is InChI=1S/C29H33B/c1-27(2)18-30(19-28(27,3)4)22-11-9-10-20(16-22)21-14-15-26-24(17-21)23-12-7-8-13-25(23)29(26,5)6/h7-17H,18-19H2,1-6H3. The van der Waals surface area contributed by atoms with Gasteiger partial charge in [0.1, 0.15) is 0 Å². The Morgan fingerprint density at radius 3 is 1.97 bits per heavy atom. The van der Waals surface area contributed by atoms with Crippen molar-refractivity contribution >= 4 is 12.2 Å². The number of rotatable bonds is 2. The first kappa shape index (κ1) is 19.7. The molecule has 3 aromatic carbocycles. The van der Waals surface area contributed by atoms with E-state index in [1.54, 1.807) is 0 Å². The monoisotopic (exact) mass is 392 g/mol. The van der Waals surface area contributed by atoms with E-state index in [1.807, 2.05) is 0 Å². The second-order valence-corrected chi connectivity index (χ2v) is 11.4. The van der Waals surface area contributed by atoms with Gasteiger partial charge in [0.15, 0.2) is 6.71 Å². The van der Waals surface area contributed by atoms with Gasteiger partial charge >= 0.3 is 0 Å². The summed E-state index contributed by atoms with van der Waals surface area (Å²) in [6.45, 7) is 15.1. The zero-order chi connectivity index (χ0) is 21.3. The van der Waals surface area contributed by atoms with Gasteiger partial charge in [-0.15, -0.1) is 0 Å². The summed E-state index contributed by atoms with van der Waals surface area (Å²) >= 11 is 0. The summed E-state index contributed by atoms with van der Waals surface area (Å²) in [6, 6.07) is 25.4. The van der Waals surface area contributed by atoms with E-state index in [1.165, 1.54) is 51.5 Å². The fraction of sp³-hybridized carbons (Fsp3) is 0.379. The summed E-state index contributed by atoms with van der Waals surface area (Å²) in [4.78, 5) is 0. The lowest BCUT2D eigenvalue weighted by Gasteiger charge is -2.35. The van der Waals surface area contributed by atoms with Gasteiger partial charge in [-0.2, -0.15) is 0 Å². The van der Waals surface area contributed by atoms with E-state index in [2.05, 4.69) is 108 Å². The summed E-state index contributed by atoms with van der Waals surface area (Å²) in [5.74, 6) is 0. The van der Waals surface area contributed by atoms with Crippen LogP contribution in [0.4, 0.5) is 0 Å². The zero-order valence-corrected chi connectivity index (χ0v) is 19.3. The van der Waals surface area contributed by atoms with Crippen molar-refractivity contribution in [2.75, 3.05) is 0 Å². The summed E-state index contributed by atoms with van der Waals surface area (Å²) in [7, 11) is 0. The first-order chi connectivity index (χ1) is 14.1. The van der Waals surface area contributed by atoms with Crippen molar-refractivity contribution in [3.05, 3.63) is 77.9 Å². The maximum atomic E-state index is 2.45. The third kappa shape index (κ3) is 2.82. The highest BCUT2D eigenvalue weighted by atomic mass is 14.4. The van der Waals surface area contributed by atoms with Crippen LogP contribution in [0.5, 0.6) is 0 Å². The predicted octanol–water partition coefficient (Wildman–Crippen LogP) is 7.43. The van der Waals surface area contributed by atoms with Crippen molar-refractivity contribution in [1.29, 1.82) is 0 Å². The van der Waals surface area contributed by atoms with E-state index < -0.39 is 0 Å². The van der Waals surface area contributed by atoms with Crippen LogP contribution in [0.2, 0.25) is 12.6 Å². The van der Waals surface area contributed by atoms with E-state index in [9.17, 15) is 0 Å². The van der Waals surface area contributed by atoms with Gasteiger partial charge in [0.2, 0.25) is 0 Å². The van der Waals surface area contributed by atoms with E-state index in [4.69, 9.17) is 0 Å². The third-order valence-electron chi connectivity index (χ3n) is 8.62. The lowest BCUT2D eigenvalue weighted by molar-refractivity contribution is 0.177. The van der Waals surface area contributed by atoms with Gasteiger partial charge in [-0.3, -0.25) is 0 Å². The maximum Gasteiger partial charge on any atom is 0.176 e. The van der Waals surface area contributed by atoms with E-state index in [0.29, 0.717) is 17.5 Å². The van der Waals surface area contributed by atoms with Crippen molar-refractivity contribution in [1.82, 2.24) is 0 Å². The molecule has 0 unspecified atom stereocenters. The van der Waals surface area contributed by atoms with Crippen LogP contribution in [0.1, 0.15) is 52.7 Å². The Hall–Kier alpha value is -2.28. The molecule has 0 nitrogen and oxygen atoms in total. The fourth-order valence-electron chi connectivity index (χ4n) is 5.96.